The largest absolute Gasteiger partial charge is 0.493 e. The summed E-state index contributed by atoms with van der Waals surface area (Å²) in [5.41, 5.74) is 2.57. The molecule has 0 fully saturated rings. The predicted molar refractivity (Wildman–Crippen MR) is 137 cm³/mol. The van der Waals surface area contributed by atoms with E-state index in [2.05, 4.69) is 36.2 Å². The van der Waals surface area contributed by atoms with E-state index in [1.165, 1.54) is 35.1 Å². The molecular weight excluding hydrogens is 548 g/mol. The number of benzene rings is 3. The molecule has 0 radical (unpaired) electrons. The van der Waals surface area contributed by atoms with Crippen molar-refractivity contribution in [3.8, 4) is 22.8 Å². The third kappa shape index (κ3) is 4.44. The van der Waals surface area contributed by atoms with Gasteiger partial charge in [-0.1, -0.05) is 46.3 Å². The molecule has 0 saturated heterocycles. The van der Waals surface area contributed by atoms with E-state index in [0.717, 1.165) is 4.47 Å². The Bertz CT molecular complexity index is 1740. The average Bonchev–Trinajstić information content (AvgIpc) is 3.43. The lowest BCUT2D eigenvalue weighted by molar-refractivity contribution is 0.0995. The quantitative estimate of drug-likeness (QED) is 0.254. The SMILES string of the molecule is NS(=O)(=O)c1ccc(-n2ncc(C(=O)N=Nc3c(O)[nH]c4ccc(Br)cc34)c2-c2ccccc2)cc1. The molecule has 0 aliphatic heterocycles. The van der Waals surface area contributed by atoms with Crippen LogP contribution in [0.3, 0.4) is 0 Å². The fourth-order valence-corrected chi connectivity index (χ4v) is 4.61. The van der Waals surface area contributed by atoms with E-state index in [1.807, 2.05) is 30.3 Å². The molecule has 0 unspecified atom stereocenters. The Morgan fingerprint density at radius 2 is 1.78 bits per heavy atom. The van der Waals surface area contributed by atoms with E-state index >= 15 is 0 Å². The highest BCUT2D eigenvalue weighted by atomic mass is 79.9. The Morgan fingerprint density at radius 3 is 2.47 bits per heavy atom. The molecule has 2 heterocycles. The number of azo groups is 1. The minimum absolute atomic E-state index is 0.0464. The maximum Gasteiger partial charge on any atom is 0.299 e. The first-order chi connectivity index (χ1) is 17.2. The number of primary sulfonamides is 1. The second-order valence-electron chi connectivity index (χ2n) is 7.74. The molecule has 3 aromatic carbocycles. The van der Waals surface area contributed by atoms with Crippen molar-refractivity contribution in [2.75, 3.05) is 0 Å². The van der Waals surface area contributed by atoms with Gasteiger partial charge in [-0.15, -0.1) is 10.2 Å². The van der Waals surface area contributed by atoms with E-state index < -0.39 is 15.9 Å². The lowest BCUT2D eigenvalue weighted by atomic mass is 10.1. The van der Waals surface area contributed by atoms with Gasteiger partial charge >= 0.3 is 0 Å². The molecule has 0 bridgehead atoms. The van der Waals surface area contributed by atoms with Crippen molar-refractivity contribution in [2.24, 2.45) is 15.4 Å². The highest BCUT2D eigenvalue weighted by Crippen LogP contribution is 2.37. The number of hydrogen-bond acceptors (Lipinski definition) is 6. The Labute approximate surface area is 213 Å². The van der Waals surface area contributed by atoms with Gasteiger partial charge in [-0.25, -0.2) is 18.2 Å². The molecule has 0 aliphatic carbocycles. The van der Waals surface area contributed by atoms with Gasteiger partial charge in [0, 0.05) is 15.4 Å². The predicted octanol–water partition coefficient (Wildman–Crippen LogP) is 5.06. The first-order valence-corrected chi connectivity index (χ1v) is 12.8. The van der Waals surface area contributed by atoms with Crippen molar-refractivity contribution in [2.45, 2.75) is 4.90 Å². The van der Waals surface area contributed by atoms with Gasteiger partial charge in [0.2, 0.25) is 15.9 Å². The summed E-state index contributed by atoms with van der Waals surface area (Å²) in [5.74, 6) is -0.890. The number of sulfonamides is 1. The number of nitrogens with zero attached hydrogens (tertiary/aromatic N) is 4. The van der Waals surface area contributed by atoms with E-state index in [4.69, 9.17) is 5.14 Å². The van der Waals surface area contributed by atoms with Crippen molar-refractivity contribution >= 4 is 48.5 Å². The maximum absolute atomic E-state index is 13.2. The Morgan fingerprint density at radius 1 is 1.06 bits per heavy atom. The number of nitrogens with one attached hydrogen (secondary N) is 1. The average molecular weight is 565 g/mol. The molecule has 0 aliphatic rings. The van der Waals surface area contributed by atoms with Crippen molar-refractivity contribution in [3.63, 3.8) is 0 Å². The number of nitrogens with two attached hydrogens (primary N) is 1. The zero-order valence-electron chi connectivity index (χ0n) is 18.3. The molecule has 12 heteroatoms. The summed E-state index contributed by atoms with van der Waals surface area (Å²) >= 11 is 3.38. The zero-order valence-corrected chi connectivity index (χ0v) is 20.7. The lowest BCUT2D eigenvalue weighted by Crippen LogP contribution is -2.12. The topological polar surface area (TPSA) is 156 Å². The van der Waals surface area contributed by atoms with Crippen LogP contribution in [0.25, 0.3) is 27.8 Å². The van der Waals surface area contributed by atoms with Crippen molar-refractivity contribution in [1.82, 2.24) is 14.8 Å². The smallest absolute Gasteiger partial charge is 0.299 e. The molecule has 4 N–H and O–H groups in total. The van der Waals surface area contributed by atoms with Crippen LogP contribution in [0, 0.1) is 0 Å². The molecule has 0 saturated carbocycles. The molecular formula is C24H17BrN6O4S. The summed E-state index contributed by atoms with van der Waals surface area (Å²) in [6.45, 7) is 0. The summed E-state index contributed by atoms with van der Waals surface area (Å²) in [4.78, 5) is 15.9. The zero-order chi connectivity index (χ0) is 25.4. The number of aromatic nitrogens is 3. The summed E-state index contributed by atoms with van der Waals surface area (Å²) < 4.78 is 25.5. The third-order valence-electron chi connectivity index (χ3n) is 5.41. The van der Waals surface area contributed by atoms with Crippen LogP contribution < -0.4 is 5.14 Å². The third-order valence-corrected chi connectivity index (χ3v) is 6.83. The molecule has 5 rings (SSSR count). The van der Waals surface area contributed by atoms with Crippen LogP contribution in [-0.4, -0.2) is 34.2 Å². The summed E-state index contributed by atoms with van der Waals surface area (Å²) in [6.07, 6.45) is 1.36. The Kier molecular flexibility index (Phi) is 6.00. The van der Waals surface area contributed by atoms with Gasteiger partial charge in [-0.2, -0.15) is 5.10 Å². The number of halogens is 1. The number of rotatable bonds is 5. The van der Waals surface area contributed by atoms with Crippen LogP contribution in [0.2, 0.25) is 0 Å². The minimum Gasteiger partial charge on any atom is -0.493 e. The van der Waals surface area contributed by atoms with E-state index in [9.17, 15) is 18.3 Å². The van der Waals surface area contributed by atoms with Crippen LogP contribution in [0.5, 0.6) is 5.88 Å². The Balaban J connectivity index is 1.58. The van der Waals surface area contributed by atoms with Crippen LogP contribution in [0.4, 0.5) is 5.69 Å². The molecule has 0 spiro atoms. The van der Waals surface area contributed by atoms with E-state index in [-0.39, 0.29) is 22.0 Å². The second kappa shape index (κ2) is 9.15. The fraction of sp³-hybridized carbons (Fsp3) is 0. The molecule has 10 nitrogen and oxygen atoms in total. The minimum atomic E-state index is -3.86. The standard InChI is InChI=1S/C24H17BrN6O4S/c25-15-6-11-20-18(12-15)21(24(33)28-20)29-30-23(32)19-13-27-31(22(19)14-4-2-1-3-5-14)16-7-9-17(10-8-16)36(26,34)35/h1-13,28,33H,(H2,26,34,35). The van der Waals surface area contributed by atoms with Gasteiger partial charge in [0.15, 0.2) is 5.69 Å². The summed E-state index contributed by atoms with van der Waals surface area (Å²) in [7, 11) is -3.86. The van der Waals surface area contributed by atoms with Crippen molar-refractivity contribution < 1.29 is 18.3 Å². The van der Waals surface area contributed by atoms with Gasteiger partial charge in [0.25, 0.3) is 5.91 Å². The number of aromatic hydroxyl groups is 1. The highest BCUT2D eigenvalue weighted by molar-refractivity contribution is 9.10. The van der Waals surface area contributed by atoms with Gasteiger partial charge in [-0.05, 0) is 42.5 Å². The van der Waals surface area contributed by atoms with Gasteiger partial charge in [0.05, 0.1) is 33.6 Å². The van der Waals surface area contributed by atoms with Gasteiger partial charge in [-0.3, -0.25) is 4.79 Å². The highest BCUT2D eigenvalue weighted by Gasteiger charge is 2.21. The van der Waals surface area contributed by atoms with Crippen molar-refractivity contribution in [1.29, 1.82) is 0 Å². The van der Waals surface area contributed by atoms with E-state index in [1.54, 1.807) is 18.2 Å². The fourth-order valence-electron chi connectivity index (χ4n) is 3.74. The lowest BCUT2D eigenvalue weighted by Gasteiger charge is -2.09. The molecule has 36 heavy (non-hydrogen) atoms. The number of carbonyl (C=O) groups is 1. The number of aromatic amines is 1. The molecule has 2 aromatic heterocycles. The second-order valence-corrected chi connectivity index (χ2v) is 10.2. The number of fused-ring (bicyclic) bond motifs is 1. The monoisotopic (exact) mass is 564 g/mol. The first kappa shape index (κ1) is 23.6. The van der Waals surface area contributed by atoms with E-state index in [0.29, 0.717) is 27.8 Å². The molecule has 1 amide bonds. The summed E-state index contributed by atoms with van der Waals surface area (Å²) in [6, 6.07) is 20.2. The van der Waals surface area contributed by atoms with Crippen LogP contribution in [0.15, 0.2) is 98.6 Å². The number of carbonyl (C=O) groups excluding carboxylic acids is 1. The van der Waals surface area contributed by atoms with Crippen molar-refractivity contribution in [3.05, 3.63) is 89.0 Å². The maximum atomic E-state index is 13.2. The summed E-state index contributed by atoms with van der Waals surface area (Å²) in [5, 5.41) is 28.3. The molecule has 5 aromatic rings. The van der Waals surface area contributed by atoms with Crippen LogP contribution in [0.1, 0.15) is 10.4 Å². The number of hydrogen-bond donors (Lipinski definition) is 3. The first-order valence-electron chi connectivity index (χ1n) is 10.5. The Hall–Kier alpha value is -4.13. The van der Waals surface area contributed by atoms with Gasteiger partial charge in [0.1, 0.15) is 0 Å². The number of H-pyrrole nitrogens is 1. The number of amides is 1. The van der Waals surface area contributed by atoms with Crippen LogP contribution >= 0.6 is 15.9 Å². The van der Waals surface area contributed by atoms with Crippen LogP contribution in [-0.2, 0) is 10.0 Å². The molecule has 180 valence electrons. The molecule has 0 atom stereocenters. The normalized spacial score (nSPS) is 11.9. The van der Waals surface area contributed by atoms with Gasteiger partial charge < -0.3 is 10.1 Å².